The van der Waals surface area contributed by atoms with Crippen molar-refractivity contribution in [3.63, 3.8) is 0 Å². The second-order valence-corrected chi connectivity index (χ2v) is 7.51. The fourth-order valence-electron chi connectivity index (χ4n) is 3.63. The molecular formula is C17H36N2O. The molecule has 3 heteroatoms. The second kappa shape index (κ2) is 8.35. The molecule has 1 rings (SSSR count). The fourth-order valence-corrected chi connectivity index (χ4v) is 3.63. The van der Waals surface area contributed by atoms with E-state index >= 15 is 0 Å². The third-order valence-electron chi connectivity index (χ3n) is 4.76. The first kappa shape index (κ1) is 17.9. The average Bonchev–Trinajstić information content (AvgIpc) is 2.38. The highest BCUT2D eigenvalue weighted by atomic mass is 16.3. The van der Waals surface area contributed by atoms with Gasteiger partial charge in [-0.2, -0.15) is 0 Å². The molecule has 0 aromatic carbocycles. The lowest BCUT2D eigenvalue weighted by Crippen LogP contribution is -2.52. The van der Waals surface area contributed by atoms with Crippen LogP contribution in [0.5, 0.6) is 0 Å². The zero-order chi connectivity index (χ0) is 15.2. The minimum Gasteiger partial charge on any atom is -0.394 e. The van der Waals surface area contributed by atoms with E-state index in [9.17, 15) is 5.11 Å². The third-order valence-corrected chi connectivity index (χ3v) is 4.76. The molecule has 0 radical (unpaired) electrons. The van der Waals surface area contributed by atoms with Gasteiger partial charge >= 0.3 is 0 Å². The van der Waals surface area contributed by atoms with Crippen LogP contribution >= 0.6 is 0 Å². The van der Waals surface area contributed by atoms with Crippen molar-refractivity contribution in [3.8, 4) is 0 Å². The molecule has 0 amide bonds. The molecule has 2 unspecified atom stereocenters. The van der Waals surface area contributed by atoms with E-state index in [1.54, 1.807) is 0 Å². The maximum atomic E-state index is 9.71. The largest absolute Gasteiger partial charge is 0.394 e. The Hall–Kier alpha value is -0.120. The van der Waals surface area contributed by atoms with Crippen LogP contribution < -0.4 is 5.32 Å². The summed E-state index contributed by atoms with van der Waals surface area (Å²) < 4.78 is 0. The van der Waals surface area contributed by atoms with Gasteiger partial charge in [0, 0.05) is 24.2 Å². The zero-order valence-corrected chi connectivity index (χ0v) is 14.3. The van der Waals surface area contributed by atoms with Crippen LogP contribution in [0.2, 0.25) is 0 Å². The Morgan fingerprint density at radius 3 is 2.30 bits per heavy atom. The van der Waals surface area contributed by atoms with Gasteiger partial charge in [0.2, 0.25) is 0 Å². The lowest BCUT2D eigenvalue weighted by Gasteiger charge is -2.38. The molecule has 1 aliphatic carbocycles. The van der Waals surface area contributed by atoms with Crippen molar-refractivity contribution in [3.05, 3.63) is 0 Å². The van der Waals surface area contributed by atoms with Crippen molar-refractivity contribution in [2.75, 3.05) is 20.2 Å². The van der Waals surface area contributed by atoms with Gasteiger partial charge in [-0.15, -0.1) is 0 Å². The Kier molecular flexibility index (Phi) is 7.49. The number of hydrogen-bond acceptors (Lipinski definition) is 3. The summed E-state index contributed by atoms with van der Waals surface area (Å²) in [5.41, 5.74) is -0.172. The molecule has 0 aliphatic heterocycles. The number of aliphatic hydroxyl groups is 1. The van der Waals surface area contributed by atoms with E-state index in [0.29, 0.717) is 12.1 Å². The summed E-state index contributed by atoms with van der Waals surface area (Å²) in [4.78, 5) is 2.49. The van der Waals surface area contributed by atoms with Gasteiger partial charge in [-0.25, -0.2) is 0 Å². The van der Waals surface area contributed by atoms with Crippen molar-refractivity contribution in [1.82, 2.24) is 10.2 Å². The number of hydrogen-bond donors (Lipinski definition) is 2. The van der Waals surface area contributed by atoms with Gasteiger partial charge in [-0.1, -0.05) is 33.1 Å². The number of rotatable bonds is 8. The summed E-state index contributed by atoms with van der Waals surface area (Å²) in [6.07, 6.45) is 8.05. The van der Waals surface area contributed by atoms with Gasteiger partial charge in [0.1, 0.15) is 0 Å². The number of nitrogens with zero attached hydrogens (tertiary/aromatic N) is 1. The van der Waals surface area contributed by atoms with Crippen LogP contribution in [0.3, 0.4) is 0 Å². The van der Waals surface area contributed by atoms with Crippen molar-refractivity contribution in [1.29, 1.82) is 0 Å². The Morgan fingerprint density at radius 1 is 1.20 bits per heavy atom. The lowest BCUT2D eigenvalue weighted by molar-refractivity contribution is 0.109. The Labute approximate surface area is 126 Å². The van der Waals surface area contributed by atoms with Crippen LogP contribution in [-0.2, 0) is 0 Å². The monoisotopic (exact) mass is 284 g/mol. The van der Waals surface area contributed by atoms with Crippen molar-refractivity contribution in [2.24, 2.45) is 5.92 Å². The van der Waals surface area contributed by atoms with E-state index in [-0.39, 0.29) is 12.1 Å². The first-order valence-electron chi connectivity index (χ1n) is 8.45. The van der Waals surface area contributed by atoms with Crippen LogP contribution in [0.15, 0.2) is 0 Å². The van der Waals surface area contributed by atoms with Gasteiger partial charge in [0.15, 0.2) is 0 Å². The van der Waals surface area contributed by atoms with Crippen molar-refractivity contribution in [2.45, 2.75) is 83.8 Å². The molecule has 0 spiro atoms. The number of aliphatic hydroxyl groups excluding tert-OH is 1. The van der Waals surface area contributed by atoms with Crippen molar-refractivity contribution < 1.29 is 5.11 Å². The topological polar surface area (TPSA) is 35.5 Å². The van der Waals surface area contributed by atoms with Crippen molar-refractivity contribution >= 4 is 0 Å². The molecule has 0 bridgehead atoms. The van der Waals surface area contributed by atoms with Crippen LogP contribution in [-0.4, -0.2) is 47.8 Å². The zero-order valence-electron chi connectivity index (χ0n) is 14.3. The molecule has 120 valence electrons. The summed E-state index contributed by atoms with van der Waals surface area (Å²) >= 11 is 0. The molecule has 1 saturated carbocycles. The molecule has 0 aromatic heterocycles. The molecule has 0 saturated heterocycles. The number of nitrogens with one attached hydrogen (secondary N) is 1. The standard InChI is InChI=1S/C17H36N2O/c1-14(2)18-17(4,13-20)11-15(3)19(5)12-16-9-7-6-8-10-16/h14-16,18,20H,6-13H2,1-5H3. The predicted octanol–water partition coefficient (Wildman–Crippen LogP) is 3.03. The SMILES string of the molecule is CC(C)NC(C)(CO)CC(C)N(C)CC1CCCCC1. The van der Waals surface area contributed by atoms with Crippen LogP contribution in [0.1, 0.15) is 66.2 Å². The molecule has 1 aliphatic rings. The van der Waals surface area contributed by atoms with Gasteiger partial charge in [0.25, 0.3) is 0 Å². The third kappa shape index (κ3) is 6.11. The maximum Gasteiger partial charge on any atom is 0.0611 e. The minimum absolute atomic E-state index is 0.172. The normalized spacial score (nSPS) is 22.2. The minimum atomic E-state index is -0.172. The van der Waals surface area contributed by atoms with Crippen LogP contribution in [0.4, 0.5) is 0 Å². The summed E-state index contributed by atoms with van der Waals surface area (Å²) in [5.74, 6) is 0.884. The van der Waals surface area contributed by atoms with E-state index in [1.807, 2.05) is 0 Å². The van der Waals surface area contributed by atoms with E-state index in [1.165, 1.54) is 38.6 Å². The summed E-state index contributed by atoms with van der Waals surface area (Å²) in [5, 5.41) is 13.2. The Morgan fingerprint density at radius 2 is 1.80 bits per heavy atom. The summed E-state index contributed by atoms with van der Waals surface area (Å²) in [6.45, 7) is 10.1. The highest BCUT2D eigenvalue weighted by Gasteiger charge is 2.28. The molecule has 1 fully saturated rings. The average molecular weight is 284 g/mol. The van der Waals surface area contributed by atoms with E-state index in [2.05, 4.69) is 45.0 Å². The predicted molar refractivity (Wildman–Crippen MR) is 87.0 cm³/mol. The first-order chi connectivity index (χ1) is 9.36. The summed E-state index contributed by atoms with van der Waals surface area (Å²) in [7, 11) is 2.24. The molecule has 0 heterocycles. The van der Waals surface area contributed by atoms with Gasteiger partial charge in [0.05, 0.1) is 6.61 Å². The smallest absolute Gasteiger partial charge is 0.0611 e. The first-order valence-corrected chi connectivity index (χ1v) is 8.45. The quantitative estimate of drug-likeness (QED) is 0.719. The van der Waals surface area contributed by atoms with Crippen LogP contribution in [0.25, 0.3) is 0 Å². The van der Waals surface area contributed by atoms with E-state index in [0.717, 1.165) is 12.3 Å². The van der Waals surface area contributed by atoms with Gasteiger partial charge in [-0.05, 0) is 46.1 Å². The molecule has 3 nitrogen and oxygen atoms in total. The van der Waals surface area contributed by atoms with Gasteiger partial charge < -0.3 is 15.3 Å². The Bertz CT molecular complexity index is 264. The second-order valence-electron chi connectivity index (χ2n) is 7.51. The van der Waals surface area contributed by atoms with E-state index < -0.39 is 0 Å². The lowest BCUT2D eigenvalue weighted by atomic mass is 9.88. The molecule has 2 N–H and O–H groups in total. The molecule has 0 aromatic rings. The van der Waals surface area contributed by atoms with E-state index in [4.69, 9.17) is 0 Å². The summed E-state index contributed by atoms with van der Waals surface area (Å²) in [6, 6.07) is 0.906. The maximum absolute atomic E-state index is 9.71. The molecular weight excluding hydrogens is 248 g/mol. The Balaban J connectivity index is 2.44. The highest BCUT2D eigenvalue weighted by Crippen LogP contribution is 2.25. The highest BCUT2D eigenvalue weighted by molar-refractivity contribution is 4.88. The van der Waals surface area contributed by atoms with Crippen LogP contribution in [0, 0.1) is 5.92 Å². The molecule has 2 atom stereocenters. The fraction of sp³-hybridized carbons (Fsp3) is 1.00. The van der Waals surface area contributed by atoms with Gasteiger partial charge in [-0.3, -0.25) is 0 Å². The molecule has 20 heavy (non-hydrogen) atoms.